The maximum atomic E-state index is 11.1. The summed E-state index contributed by atoms with van der Waals surface area (Å²) >= 11 is 0. The zero-order valence-electron chi connectivity index (χ0n) is 11.9. The Labute approximate surface area is 116 Å². The van der Waals surface area contributed by atoms with E-state index < -0.39 is 0 Å². The number of hydrogen-bond acceptors (Lipinski definition) is 2. The summed E-state index contributed by atoms with van der Waals surface area (Å²) in [7, 11) is 0. The van der Waals surface area contributed by atoms with Crippen LogP contribution in [0.3, 0.4) is 0 Å². The van der Waals surface area contributed by atoms with E-state index in [1.807, 2.05) is 12.1 Å². The van der Waals surface area contributed by atoms with Crippen LogP contribution in [0.15, 0.2) is 24.3 Å². The van der Waals surface area contributed by atoms with Crippen LogP contribution in [0.1, 0.15) is 44.6 Å². The highest BCUT2D eigenvalue weighted by Gasteiger charge is 2.20. The first-order chi connectivity index (χ1) is 9.19. The molecule has 103 valence electrons. The summed E-state index contributed by atoms with van der Waals surface area (Å²) in [5.41, 5.74) is 2.26. The van der Waals surface area contributed by atoms with Crippen molar-refractivity contribution in [3.05, 3.63) is 36.4 Å². The smallest absolute Gasteiger partial charge is 0.221 e. The van der Waals surface area contributed by atoms with E-state index in [-0.39, 0.29) is 5.91 Å². The van der Waals surface area contributed by atoms with Gasteiger partial charge in [0.05, 0.1) is 0 Å². The highest BCUT2D eigenvalue weighted by Crippen LogP contribution is 2.29. The van der Waals surface area contributed by atoms with Crippen LogP contribution in [0.4, 0.5) is 5.69 Å². The fourth-order valence-electron chi connectivity index (χ4n) is 2.75. The van der Waals surface area contributed by atoms with E-state index in [4.69, 9.17) is 0 Å². The molecule has 1 aromatic carbocycles. The Kier molecular flexibility index (Phi) is 4.97. The molecule has 2 rings (SSSR count). The first kappa shape index (κ1) is 14.1. The standard InChI is InChI=1S/C16H23N2O/c1-3-9-18-10-7-14(8-11-18)15-5-4-6-16(12-15)17-13(2)19/h4-6,9,12,14H,3,7-8,10-11H2,1-2H3,(H,17,19). The lowest BCUT2D eigenvalue weighted by molar-refractivity contribution is -0.114. The molecule has 1 N–H and O–H groups in total. The Bertz CT molecular complexity index is 423. The number of likely N-dealkylation sites (tertiary alicyclic amines) is 1. The van der Waals surface area contributed by atoms with Crippen molar-refractivity contribution in [1.29, 1.82) is 0 Å². The van der Waals surface area contributed by atoms with Crippen LogP contribution in [-0.2, 0) is 4.79 Å². The lowest BCUT2D eigenvalue weighted by Crippen LogP contribution is -2.30. The summed E-state index contributed by atoms with van der Waals surface area (Å²) in [6, 6.07) is 8.27. The largest absolute Gasteiger partial charge is 0.326 e. The van der Waals surface area contributed by atoms with Crippen LogP contribution in [0.25, 0.3) is 0 Å². The van der Waals surface area contributed by atoms with Gasteiger partial charge in [-0.05, 0) is 56.0 Å². The molecule has 0 aliphatic carbocycles. The summed E-state index contributed by atoms with van der Waals surface area (Å²) < 4.78 is 0. The van der Waals surface area contributed by atoms with Gasteiger partial charge in [0.1, 0.15) is 0 Å². The number of carbonyl (C=O) groups is 1. The highest BCUT2D eigenvalue weighted by molar-refractivity contribution is 5.88. The molecule has 1 radical (unpaired) electrons. The molecule has 19 heavy (non-hydrogen) atoms. The van der Waals surface area contributed by atoms with Crippen molar-refractivity contribution in [3.8, 4) is 0 Å². The van der Waals surface area contributed by atoms with E-state index in [1.54, 1.807) is 6.92 Å². The van der Waals surface area contributed by atoms with E-state index >= 15 is 0 Å². The average molecular weight is 259 g/mol. The molecule has 1 amide bonds. The van der Waals surface area contributed by atoms with Crippen molar-refractivity contribution >= 4 is 11.6 Å². The number of benzene rings is 1. The minimum Gasteiger partial charge on any atom is -0.326 e. The monoisotopic (exact) mass is 259 g/mol. The van der Waals surface area contributed by atoms with Gasteiger partial charge in [0.15, 0.2) is 0 Å². The van der Waals surface area contributed by atoms with Gasteiger partial charge in [-0.3, -0.25) is 9.69 Å². The number of hydrogen-bond donors (Lipinski definition) is 1. The third-order valence-electron chi connectivity index (χ3n) is 3.65. The summed E-state index contributed by atoms with van der Waals surface area (Å²) in [5.74, 6) is 0.611. The Morgan fingerprint density at radius 2 is 2.16 bits per heavy atom. The second-order valence-corrected chi connectivity index (χ2v) is 5.21. The topological polar surface area (TPSA) is 32.3 Å². The average Bonchev–Trinajstić information content (AvgIpc) is 2.39. The number of piperidine rings is 1. The Hall–Kier alpha value is -1.35. The Balaban J connectivity index is 1.97. The molecule has 0 spiro atoms. The van der Waals surface area contributed by atoms with Gasteiger partial charge in [0.25, 0.3) is 0 Å². The molecular weight excluding hydrogens is 236 g/mol. The van der Waals surface area contributed by atoms with Crippen LogP contribution >= 0.6 is 0 Å². The van der Waals surface area contributed by atoms with E-state index in [0.717, 1.165) is 25.2 Å². The molecule has 0 unspecified atom stereocenters. The van der Waals surface area contributed by atoms with E-state index in [2.05, 4.69) is 35.8 Å². The number of nitrogens with zero attached hydrogens (tertiary/aromatic N) is 1. The van der Waals surface area contributed by atoms with Crippen LogP contribution in [0.2, 0.25) is 0 Å². The summed E-state index contributed by atoms with van der Waals surface area (Å²) in [5, 5.41) is 2.86. The fourth-order valence-corrected chi connectivity index (χ4v) is 2.75. The molecule has 1 saturated heterocycles. The Morgan fingerprint density at radius 3 is 2.79 bits per heavy atom. The summed E-state index contributed by atoms with van der Waals surface area (Å²) in [6.45, 7) is 8.31. The SMILES string of the molecule is CC[CH]N1CCC(c2cccc(NC(C)=O)c2)CC1. The number of amides is 1. The van der Waals surface area contributed by atoms with Crippen LogP contribution in [0, 0.1) is 6.54 Å². The molecule has 3 nitrogen and oxygen atoms in total. The maximum Gasteiger partial charge on any atom is 0.221 e. The van der Waals surface area contributed by atoms with Crippen molar-refractivity contribution < 1.29 is 4.79 Å². The number of rotatable bonds is 4. The molecule has 1 aliphatic rings. The first-order valence-corrected chi connectivity index (χ1v) is 7.14. The van der Waals surface area contributed by atoms with Gasteiger partial charge >= 0.3 is 0 Å². The van der Waals surface area contributed by atoms with Gasteiger partial charge in [0, 0.05) is 19.2 Å². The molecular formula is C16H23N2O. The molecule has 1 heterocycles. The van der Waals surface area contributed by atoms with E-state index in [1.165, 1.54) is 18.4 Å². The van der Waals surface area contributed by atoms with E-state index in [0.29, 0.717) is 5.92 Å². The third kappa shape index (κ3) is 4.06. The second-order valence-electron chi connectivity index (χ2n) is 5.21. The minimum absolute atomic E-state index is 0.00971. The van der Waals surface area contributed by atoms with Gasteiger partial charge in [-0.2, -0.15) is 0 Å². The zero-order valence-corrected chi connectivity index (χ0v) is 11.9. The van der Waals surface area contributed by atoms with E-state index in [9.17, 15) is 4.79 Å². The van der Waals surface area contributed by atoms with Crippen LogP contribution in [-0.4, -0.2) is 23.9 Å². The van der Waals surface area contributed by atoms with Gasteiger partial charge in [-0.25, -0.2) is 0 Å². The molecule has 1 aliphatic heterocycles. The summed E-state index contributed by atoms with van der Waals surface area (Å²) in [6.07, 6.45) is 3.50. The molecule has 3 heteroatoms. The maximum absolute atomic E-state index is 11.1. The zero-order chi connectivity index (χ0) is 13.7. The molecule has 1 aromatic rings. The lowest BCUT2D eigenvalue weighted by Gasteiger charge is -2.31. The second kappa shape index (κ2) is 6.71. The van der Waals surface area contributed by atoms with Crippen molar-refractivity contribution in [3.63, 3.8) is 0 Å². The normalized spacial score (nSPS) is 17.4. The van der Waals surface area contributed by atoms with Crippen molar-refractivity contribution in [1.82, 2.24) is 4.90 Å². The lowest BCUT2D eigenvalue weighted by atomic mass is 9.89. The quantitative estimate of drug-likeness (QED) is 0.899. The molecule has 1 fully saturated rings. The third-order valence-corrected chi connectivity index (χ3v) is 3.65. The van der Waals surface area contributed by atoms with Crippen LogP contribution in [0.5, 0.6) is 0 Å². The predicted octanol–water partition coefficient (Wildman–Crippen LogP) is 3.40. The number of carbonyl (C=O) groups excluding carboxylic acids is 1. The van der Waals surface area contributed by atoms with Gasteiger partial charge < -0.3 is 5.32 Å². The van der Waals surface area contributed by atoms with Gasteiger partial charge in [-0.1, -0.05) is 19.1 Å². The minimum atomic E-state index is -0.00971. The molecule has 0 aromatic heterocycles. The van der Waals surface area contributed by atoms with Crippen molar-refractivity contribution in [2.24, 2.45) is 0 Å². The fraction of sp³-hybridized carbons (Fsp3) is 0.500. The highest BCUT2D eigenvalue weighted by atomic mass is 16.1. The van der Waals surface area contributed by atoms with Gasteiger partial charge in [0.2, 0.25) is 5.91 Å². The van der Waals surface area contributed by atoms with Crippen molar-refractivity contribution in [2.75, 3.05) is 18.4 Å². The number of anilines is 1. The Morgan fingerprint density at radius 1 is 1.42 bits per heavy atom. The molecule has 0 bridgehead atoms. The van der Waals surface area contributed by atoms with Gasteiger partial charge in [-0.15, -0.1) is 0 Å². The number of nitrogens with one attached hydrogen (secondary N) is 1. The molecule has 0 atom stereocenters. The predicted molar refractivity (Wildman–Crippen MR) is 78.9 cm³/mol. The molecule has 0 saturated carbocycles. The van der Waals surface area contributed by atoms with Crippen molar-refractivity contribution in [2.45, 2.75) is 39.0 Å². The summed E-state index contributed by atoms with van der Waals surface area (Å²) in [4.78, 5) is 13.5. The first-order valence-electron chi connectivity index (χ1n) is 7.14. The van der Waals surface area contributed by atoms with Crippen LogP contribution < -0.4 is 5.32 Å².